The average Bonchev–Trinajstić information content (AvgIpc) is 3.56. The van der Waals surface area contributed by atoms with Crippen molar-refractivity contribution in [1.82, 2.24) is 14.5 Å². The Morgan fingerprint density at radius 3 is 2.62 bits per heavy atom. The molecule has 1 saturated heterocycles. The molecule has 0 radical (unpaired) electrons. The lowest BCUT2D eigenvalue weighted by molar-refractivity contribution is -0.129. The number of amides is 1. The van der Waals surface area contributed by atoms with Gasteiger partial charge in [0.2, 0.25) is 5.91 Å². The van der Waals surface area contributed by atoms with Crippen molar-refractivity contribution in [3.8, 4) is 5.75 Å². The summed E-state index contributed by atoms with van der Waals surface area (Å²) in [7, 11) is 0. The number of para-hydroxylation sites is 2. The Balaban J connectivity index is 1.29. The van der Waals surface area contributed by atoms with Gasteiger partial charge in [-0.15, -0.1) is 0 Å². The Hall–Kier alpha value is -2.82. The van der Waals surface area contributed by atoms with Crippen LogP contribution in [0, 0.1) is 0 Å². The van der Waals surface area contributed by atoms with Crippen molar-refractivity contribution in [2.24, 2.45) is 0 Å². The molecular formula is C27H33N3O2. The number of hydrogen-bond acceptors (Lipinski definition) is 3. The molecule has 0 bridgehead atoms. The van der Waals surface area contributed by atoms with Gasteiger partial charge in [0.15, 0.2) is 0 Å². The van der Waals surface area contributed by atoms with Gasteiger partial charge in [-0.05, 0) is 55.5 Å². The Bertz CT molecular complexity index is 1070. The number of aromatic nitrogens is 2. The molecule has 2 fully saturated rings. The van der Waals surface area contributed by atoms with Crippen LogP contribution in [0.2, 0.25) is 0 Å². The van der Waals surface area contributed by atoms with Crippen LogP contribution in [0.15, 0.2) is 48.5 Å². The van der Waals surface area contributed by atoms with E-state index in [1.165, 1.54) is 18.4 Å². The number of likely N-dealkylation sites (tertiary alicyclic amines) is 1. The standard InChI is InChI=1S/C27H33N3O2/c1-2-20-12-14-23(15-13-20)32-17-7-16-29-25-11-6-5-10-24(25)28-27(29)21-18-26(31)30(19-21)22-8-3-4-9-22/h5-6,10-15,21-22H,2-4,7-9,16-19H2,1H3. The lowest BCUT2D eigenvalue weighted by atomic mass is 10.1. The highest BCUT2D eigenvalue weighted by Gasteiger charge is 2.38. The van der Waals surface area contributed by atoms with E-state index in [4.69, 9.17) is 9.72 Å². The summed E-state index contributed by atoms with van der Waals surface area (Å²) in [5.41, 5.74) is 3.50. The molecule has 5 rings (SSSR count). The first-order valence-electron chi connectivity index (χ1n) is 12.2. The quantitative estimate of drug-likeness (QED) is 0.453. The van der Waals surface area contributed by atoms with Gasteiger partial charge < -0.3 is 14.2 Å². The number of hydrogen-bond donors (Lipinski definition) is 0. The number of nitrogens with zero attached hydrogens (tertiary/aromatic N) is 3. The third kappa shape index (κ3) is 4.25. The predicted octanol–water partition coefficient (Wildman–Crippen LogP) is 5.33. The minimum atomic E-state index is 0.179. The number of rotatable bonds is 8. The maximum absolute atomic E-state index is 12.8. The van der Waals surface area contributed by atoms with E-state index in [1.807, 2.05) is 6.07 Å². The van der Waals surface area contributed by atoms with Crippen LogP contribution in [0.5, 0.6) is 5.75 Å². The fourth-order valence-corrected chi connectivity index (χ4v) is 5.35. The monoisotopic (exact) mass is 431 g/mol. The van der Waals surface area contributed by atoms with Crippen molar-refractivity contribution in [3.05, 3.63) is 59.9 Å². The minimum absolute atomic E-state index is 0.179. The molecule has 1 aliphatic carbocycles. The van der Waals surface area contributed by atoms with Crippen molar-refractivity contribution in [3.63, 3.8) is 0 Å². The van der Waals surface area contributed by atoms with Crippen molar-refractivity contribution in [2.75, 3.05) is 13.2 Å². The first-order chi connectivity index (χ1) is 15.7. The van der Waals surface area contributed by atoms with E-state index in [-0.39, 0.29) is 5.92 Å². The molecule has 0 N–H and O–H groups in total. The Morgan fingerprint density at radius 2 is 1.84 bits per heavy atom. The lowest BCUT2D eigenvalue weighted by Gasteiger charge is -2.24. The highest BCUT2D eigenvalue weighted by Crippen LogP contribution is 2.35. The van der Waals surface area contributed by atoms with Crippen molar-refractivity contribution in [2.45, 2.75) is 70.4 Å². The third-order valence-corrected chi connectivity index (χ3v) is 7.10. The molecule has 2 aromatic carbocycles. The molecule has 2 aliphatic rings. The van der Waals surface area contributed by atoms with Gasteiger partial charge in [-0.25, -0.2) is 4.98 Å². The summed E-state index contributed by atoms with van der Waals surface area (Å²) < 4.78 is 8.32. The molecule has 5 nitrogen and oxygen atoms in total. The second kappa shape index (κ2) is 9.35. The van der Waals surface area contributed by atoms with Gasteiger partial charge >= 0.3 is 0 Å². The van der Waals surface area contributed by atoms with Gasteiger partial charge in [-0.2, -0.15) is 0 Å². The summed E-state index contributed by atoms with van der Waals surface area (Å²) in [5.74, 6) is 2.47. The largest absolute Gasteiger partial charge is 0.494 e. The van der Waals surface area contributed by atoms with Crippen LogP contribution < -0.4 is 4.74 Å². The van der Waals surface area contributed by atoms with Gasteiger partial charge in [-0.3, -0.25) is 4.79 Å². The topological polar surface area (TPSA) is 47.4 Å². The summed E-state index contributed by atoms with van der Waals surface area (Å²) in [6.45, 7) is 4.48. The normalized spacial score (nSPS) is 19.3. The lowest BCUT2D eigenvalue weighted by Crippen LogP contribution is -2.34. The first-order valence-corrected chi connectivity index (χ1v) is 12.2. The van der Waals surface area contributed by atoms with E-state index < -0.39 is 0 Å². The minimum Gasteiger partial charge on any atom is -0.494 e. The fourth-order valence-electron chi connectivity index (χ4n) is 5.35. The second-order valence-electron chi connectivity index (χ2n) is 9.20. The van der Waals surface area contributed by atoms with E-state index >= 15 is 0 Å². The smallest absolute Gasteiger partial charge is 0.223 e. The molecular weight excluding hydrogens is 398 g/mol. The van der Waals surface area contributed by atoms with Crippen LogP contribution in [0.25, 0.3) is 11.0 Å². The van der Waals surface area contributed by atoms with Crippen molar-refractivity contribution in [1.29, 1.82) is 0 Å². The summed E-state index contributed by atoms with van der Waals surface area (Å²) in [6.07, 6.45) is 7.34. The highest BCUT2D eigenvalue weighted by atomic mass is 16.5. The van der Waals surface area contributed by atoms with E-state index in [9.17, 15) is 4.79 Å². The van der Waals surface area contributed by atoms with Gasteiger partial charge in [0, 0.05) is 31.5 Å². The molecule has 1 unspecified atom stereocenters. The van der Waals surface area contributed by atoms with Crippen molar-refractivity contribution >= 4 is 16.9 Å². The number of imidazole rings is 1. The maximum Gasteiger partial charge on any atom is 0.223 e. The Morgan fingerprint density at radius 1 is 1.06 bits per heavy atom. The Labute approximate surface area is 190 Å². The summed E-state index contributed by atoms with van der Waals surface area (Å²) in [4.78, 5) is 19.9. The first kappa shape index (κ1) is 21.0. The number of aryl methyl sites for hydroxylation is 2. The molecule has 5 heteroatoms. The van der Waals surface area contributed by atoms with Gasteiger partial charge in [0.05, 0.1) is 17.6 Å². The van der Waals surface area contributed by atoms with Crippen molar-refractivity contribution < 1.29 is 9.53 Å². The molecule has 1 aromatic heterocycles. The predicted molar refractivity (Wildman–Crippen MR) is 127 cm³/mol. The zero-order chi connectivity index (χ0) is 21.9. The van der Waals surface area contributed by atoms with Gasteiger partial charge in [0.1, 0.15) is 11.6 Å². The molecule has 1 saturated carbocycles. The Kier molecular flexibility index (Phi) is 6.15. The SMILES string of the molecule is CCc1ccc(OCCCn2c(C3CC(=O)N(C4CCCC4)C3)nc3ccccc32)cc1. The van der Waals surface area contributed by atoms with Gasteiger partial charge in [-0.1, -0.05) is 44.0 Å². The number of fused-ring (bicyclic) bond motifs is 1. The van der Waals surface area contributed by atoms with Gasteiger partial charge in [0.25, 0.3) is 0 Å². The molecule has 3 aromatic rings. The summed E-state index contributed by atoms with van der Waals surface area (Å²) in [6, 6.07) is 17.1. The van der Waals surface area contributed by atoms with E-state index in [0.29, 0.717) is 25.0 Å². The molecule has 0 spiro atoms. The molecule has 1 aliphatic heterocycles. The second-order valence-corrected chi connectivity index (χ2v) is 9.20. The van der Waals surface area contributed by atoms with Crippen LogP contribution in [-0.2, 0) is 17.8 Å². The number of carbonyl (C=O) groups is 1. The van der Waals surface area contributed by atoms with E-state index in [2.05, 4.69) is 58.9 Å². The van der Waals surface area contributed by atoms with Crippen LogP contribution in [0.1, 0.15) is 62.8 Å². The number of carbonyl (C=O) groups excluding carboxylic acids is 1. The molecule has 168 valence electrons. The summed E-state index contributed by atoms with van der Waals surface area (Å²) in [5, 5.41) is 0. The van der Waals surface area contributed by atoms with Crippen LogP contribution in [-0.4, -0.2) is 39.6 Å². The molecule has 2 heterocycles. The molecule has 1 amide bonds. The van der Waals surface area contributed by atoms with Crippen LogP contribution in [0.3, 0.4) is 0 Å². The van der Waals surface area contributed by atoms with Crippen LogP contribution >= 0.6 is 0 Å². The zero-order valence-corrected chi connectivity index (χ0v) is 19.0. The average molecular weight is 432 g/mol. The van der Waals surface area contributed by atoms with Crippen LogP contribution in [0.4, 0.5) is 0 Å². The maximum atomic E-state index is 12.8. The number of ether oxygens (including phenoxy) is 1. The van der Waals surface area contributed by atoms with E-state index in [1.54, 1.807) is 0 Å². The molecule has 32 heavy (non-hydrogen) atoms. The zero-order valence-electron chi connectivity index (χ0n) is 19.0. The highest BCUT2D eigenvalue weighted by molar-refractivity contribution is 5.81. The third-order valence-electron chi connectivity index (χ3n) is 7.10. The fraction of sp³-hybridized carbons (Fsp3) is 0.481. The van der Waals surface area contributed by atoms with E-state index in [0.717, 1.165) is 61.4 Å². The number of benzene rings is 2. The molecule has 1 atom stereocenters. The summed E-state index contributed by atoms with van der Waals surface area (Å²) >= 11 is 0.